The molecule has 10 aromatic rings. The van der Waals surface area contributed by atoms with Gasteiger partial charge < -0.3 is 4.42 Å². The molecule has 228 valence electrons. The first-order valence-corrected chi connectivity index (χ1v) is 15.4. The standard InChI is InChI=1S/C48H30O/c1-2-12-31(13-3-1)32-22-24-34(25-23-32)36-15-6-7-17-39(36)47-42-20-10-8-18-40(42)46(41-19-9-11-21-43(41)47)35-27-28-38-44-29-26-33-14-4-5-16-37(33)48(44)49-45(38)30-35/h1-30H/i1D,2D,3D,4D,5D,12D,13D,14D,16D,22D,23D,24D,25D,26D,27D,28D,29D,30D. The molecule has 0 atom stereocenters. The molecule has 1 heterocycles. The van der Waals surface area contributed by atoms with Gasteiger partial charge in [0.1, 0.15) is 11.2 Å². The summed E-state index contributed by atoms with van der Waals surface area (Å²) in [6, 6.07) is 10.9. The van der Waals surface area contributed by atoms with Gasteiger partial charge in [0, 0.05) is 16.2 Å². The fraction of sp³-hybridized carbons (Fsp3) is 0. The SMILES string of the molecule is [2H]c1c([2H])c([2H])c(-c2c([2H])c([2H])c(-c3ccccc3-c3c4ccccc4c(-c4c([2H])c([2H])c5c(oc6c7c([2H])c([2H])c([2H])c([2H])c7c([2H])c([2H])c65)c4[2H])c4ccccc34)c([2H])c2[2H])c([2H])c1[2H]. The van der Waals surface area contributed by atoms with Crippen LogP contribution in [0.2, 0.25) is 0 Å². The van der Waals surface area contributed by atoms with Crippen molar-refractivity contribution in [2.24, 2.45) is 0 Å². The van der Waals surface area contributed by atoms with Crippen LogP contribution in [0.15, 0.2) is 186 Å². The summed E-state index contributed by atoms with van der Waals surface area (Å²) in [5.74, 6) is 0. The summed E-state index contributed by atoms with van der Waals surface area (Å²) in [6.45, 7) is 0. The summed E-state index contributed by atoms with van der Waals surface area (Å²) in [4.78, 5) is 0. The Kier molecular flexibility index (Phi) is 3.43. The van der Waals surface area contributed by atoms with Gasteiger partial charge in [-0.1, -0.05) is 163 Å². The number of hydrogen-bond donors (Lipinski definition) is 0. The van der Waals surface area contributed by atoms with Crippen molar-refractivity contribution in [1.82, 2.24) is 0 Å². The fourth-order valence-electron chi connectivity index (χ4n) is 6.58. The van der Waals surface area contributed by atoms with Crippen molar-refractivity contribution in [3.63, 3.8) is 0 Å². The molecular formula is C48H30O. The quantitative estimate of drug-likeness (QED) is 0.174. The fourth-order valence-corrected chi connectivity index (χ4v) is 6.58. The average Bonchev–Trinajstić information content (AvgIpc) is 3.73. The van der Waals surface area contributed by atoms with Gasteiger partial charge in [0.25, 0.3) is 0 Å². The van der Waals surface area contributed by atoms with Crippen LogP contribution in [-0.4, -0.2) is 0 Å². The van der Waals surface area contributed by atoms with Crippen LogP contribution in [0, 0.1) is 0 Å². The lowest BCUT2D eigenvalue weighted by atomic mass is 9.83. The molecule has 0 N–H and O–H groups in total. The van der Waals surface area contributed by atoms with Crippen LogP contribution in [0.4, 0.5) is 0 Å². The Labute approximate surface area is 309 Å². The van der Waals surface area contributed by atoms with Gasteiger partial charge in [-0.3, -0.25) is 0 Å². The third kappa shape index (κ3) is 4.40. The van der Waals surface area contributed by atoms with E-state index >= 15 is 0 Å². The monoisotopic (exact) mass is 640 g/mol. The topological polar surface area (TPSA) is 13.1 Å². The summed E-state index contributed by atoms with van der Waals surface area (Å²) < 4.78 is 165. The Bertz CT molecular complexity index is 3800. The summed E-state index contributed by atoms with van der Waals surface area (Å²) in [5, 5.41) is 1.46. The molecule has 0 radical (unpaired) electrons. The lowest BCUT2D eigenvalue weighted by Gasteiger charge is -2.19. The molecule has 1 aromatic heterocycles. The molecule has 9 aromatic carbocycles. The highest BCUT2D eigenvalue weighted by atomic mass is 16.3. The van der Waals surface area contributed by atoms with Crippen molar-refractivity contribution in [2.75, 3.05) is 0 Å². The smallest absolute Gasteiger partial charge is 0.143 e. The Balaban J connectivity index is 1.28. The Morgan fingerprint density at radius 1 is 0.367 bits per heavy atom. The second kappa shape index (κ2) is 11.1. The zero-order valence-electron chi connectivity index (χ0n) is 43.3. The summed E-state index contributed by atoms with van der Waals surface area (Å²) >= 11 is 0. The number of benzene rings is 9. The number of rotatable bonds is 4. The van der Waals surface area contributed by atoms with Crippen molar-refractivity contribution in [3.8, 4) is 44.5 Å². The van der Waals surface area contributed by atoms with Gasteiger partial charge in [-0.05, 0) is 89.6 Å². The molecule has 0 spiro atoms. The van der Waals surface area contributed by atoms with Crippen LogP contribution in [0.1, 0.15) is 24.7 Å². The Morgan fingerprint density at radius 2 is 0.918 bits per heavy atom. The van der Waals surface area contributed by atoms with Gasteiger partial charge in [0.05, 0.1) is 24.7 Å². The molecule has 10 rings (SSSR count). The van der Waals surface area contributed by atoms with Crippen molar-refractivity contribution in [2.45, 2.75) is 0 Å². The minimum Gasteiger partial charge on any atom is -0.455 e. The molecule has 0 saturated heterocycles. The lowest BCUT2D eigenvalue weighted by Crippen LogP contribution is -1.92. The first-order valence-electron chi connectivity index (χ1n) is 24.4. The van der Waals surface area contributed by atoms with E-state index in [0.29, 0.717) is 38.2 Å². The second-order valence-corrected chi connectivity index (χ2v) is 11.4. The molecule has 0 aliphatic carbocycles. The van der Waals surface area contributed by atoms with E-state index in [-0.39, 0.29) is 55.4 Å². The molecule has 49 heavy (non-hydrogen) atoms. The molecule has 0 saturated carbocycles. The van der Waals surface area contributed by atoms with E-state index in [2.05, 4.69) is 0 Å². The van der Waals surface area contributed by atoms with E-state index < -0.39 is 114 Å². The molecule has 0 bridgehead atoms. The van der Waals surface area contributed by atoms with Gasteiger partial charge in [-0.25, -0.2) is 0 Å². The van der Waals surface area contributed by atoms with E-state index in [1.807, 2.05) is 12.1 Å². The van der Waals surface area contributed by atoms with Gasteiger partial charge in [0.15, 0.2) is 0 Å². The summed E-state index contributed by atoms with van der Waals surface area (Å²) in [6.07, 6.45) is 0. The predicted octanol–water partition coefficient (Wildman–Crippen LogP) is 13.7. The lowest BCUT2D eigenvalue weighted by molar-refractivity contribution is 0.673. The van der Waals surface area contributed by atoms with Crippen molar-refractivity contribution in [1.29, 1.82) is 0 Å². The van der Waals surface area contributed by atoms with Gasteiger partial charge in [0.2, 0.25) is 0 Å². The van der Waals surface area contributed by atoms with Crippen LogP contribution in [-0.2, 0) is 0 Å². The zero-order valence-corrected chi connectivity index (χ0v) is 25.3. The highest BCUT2D eigenvalue weighted by molar-refractivity contribution is 6.23. The Hall–Kier alpha value is -6.44. The molecule has 0 fully saturated rings. The van der Waals surface area contributed by atoms with Gasteiger partial charge >= 0.3 is 0 Å². The van der Waals surface area contributed by atoms with Crippen molar-refractivity contribution < 1.29 is 29.1 Å². The van der Waals surface area contributed by atoms with E-state index in [4.69, 9.17) is 22.2 Å². The Morgan fingerprint density at radius 3 is 1.65 bits per heavy atom. The normalized spacial score (nSPS) is 16.8. The molecular weight excluding hydrogens is 593 g/mol. The van der Waals surface area contributed by atoms with Crippen molar-refractivity contribution in [3.05, 3.63) is 182 Å². The van der Waals surface area contributed by atoms with Crippen LogP contribution in [0.25, 0.3) is 98.8 Å². The minimum atomic E-state index is -0.687. The summed E-state index contributed by atoms with van der Waals surface area (Å²) in [5.41, 5.74) is 0.209. The molecule has 0 unspecified atom stereocenters. The molecule has 1 heteroatoms. The van der Waals surface area contributed by atoms with Crippen LogP contribution in [0.5, 0.6) is 0 Å². The van der Waals surface area contributed by atoms with Crippen molar-refractivity contribution >= 4 is 54.3 Å². The predicted molar refractivity (Wildman–Crippen MR) is 208 cm³/mol. The van der Waals surface area contributed by atoms with Gasteiger partial charge in [-0.2, -0.15) is 0 Å². The number of fused-ring (bicyclic) bond motifs is 7. The zero-order chi connectivity index (χ0) is 48.0. The summed E-state index contributed by atoms with van der Waals surface area (Å²) in [7, 11) is 0. The maximum Gasteiger partial charge on any atom is 0.143 e. The van der Waals surface area contributed by atoms with Crippen LogP contribution >= 0.6 is 0 Å². The van der Waals surface area contributed by atoms with E-state index in [1.165, 1.54) is 0 Å². The van der Waals surface area contributed by atoms with Crippen LogP contribution in [0.3, 0.4) is 0 Å². The van der Waals surface area contributed by atoms with E-state index in [0.717, 1.165) is 0 Å². The molecule has 1 nitrogen and oxygen atoms in total. The van der Waals surface area contributed by atoms with E-state index in [1.54, 1.807) is 60.7 Å². The van der Waals surface area contributed by atoms with E-state index in [9.17, 15) is 6.85 Å². The minimum absolute atomic E-state index is 0.0181. The maximum atomic E-state index is 9.71. The molecule has 0 aliphatic heterocycles. The van der Waals surface area contributed by atoms with Gasteiger partial charge in [-0.15, -0.1) is 0 Å². The molecule has 0 amide bonds. The average molecular weight is 641 g/mol. The maximum absolute atomic E-state index is 9.71. The largest absolute Gasteiger partial charge is 0.455 e. The number of hydrogen-bond acceptors (Lipinski definition) is 1. The number of furan rings is 1. The highest BCUT2D eigenvalue weighted by Crippen LogP contribution is 2.47. The third-order valence-corrected chi connectivity index (χ3v) is 8.71. The third-order valence-electron chi connectivity index (χ3n) is 8.71. The van der Waals surface area contributed by atoms with Crippen LogP contribution < -0.4 is 0 Å². The first kappa shape index (κ1) is 15.2. The highest BCUT2D eigenvalue weighted by Gasteiger charge is 2.20. The second-order valence-electron chi connectivity index (χ2n) is 11.4. The first-order chi connectivity index (χ1) is 31.8. The molecule has 0 aliphatic rings.